The Balaban J connectivity index is 2.20. The summed E-state index contributed by atoms with van der Waals surface area (Å²) in [6.07, 6.45) is 17.5. The maximum atomic E-state index is 2.41. The molecule has 76 valence electrons. The van der Waals surface area contributed by atoms with Gasteiger partial charge in [-0.3, -0.25) is 0 Å². The molecule has 0 radical (unpaired) electrons. The van der Waals surface area contributed by atoms with E-state index in [9.17, 15) is 0 Å². The molecule has 1 unspecified atom stereocenters. The number of hydrogen-bond acceptors (Lipinski definition) is 0. The van der Waals surface area contributed by atoms with Crippen LogP contribution in [0.15, 0.2) is 12.2 Å². The van der Waals surface area contributed by atoms with E-state index in [2.05, 4.69) is 19.1 Å². The maximum Gasteiger partial charge on any atom is -0.0351 e. The Bertz CT molecular complexity index is 135. The molecule has 0 amide bonds. The Kier molecular flexibility index (Phi) is 5.97. The van der Waals surface area contributed by atoms with Crippen molar-refractivity contribution in [3.8, 4) is 0 Å². The monoisotopic (exact) mass is 180 g/mol. The fourth-order valence-electron chi connectivity index (χ4n) is 2.07. The van der Waals surface area contributed by atoms with E-state index in [4.69, 9.17) is 0 Å². The van der Waals surface area contributed by atoms with Crippen molar-refractivity contribution in [2.45, 2.75) is 64.7 Å². The van der Waals surface area contributed by atoms with Gasteiger partial charge < -0.3 is 0 Å². The molecule has 0 aromatic heterocycles. The number of rotatable bonds is 0. The SMILES string of the molecule is CC1CCC/C=C\CCCCCC1. The van der Waals surface area contributed by atoms with Crippen molar-refractivity contribution in [1.29, 1.82) is 0 Å². The molecule has 0 fully saturated rings. The quantitative estimate of drug-likeness (QED) is 0.474. The Hall–Kier alpha value is -0.260. The molecule has 1 atom stereocenters. The third-order valence-corrected chi connectivity index (χ3v) is 3.05. The summed E-state index contributed by atoms with van der Waals surface area (Å²) in [5.41, 5.74) is 0. The van der Waals surface area contributed by atoms with E-state index in [0.717, 1.165) is 5.92 Å². The minimum Gasteiger partial charge on any atom is -0.0885 e. The van der Waals surface area contributed by atoms with E-state index in [-0.39, 0.29) is 0 Å². The van der Waals surface area contributed by atoms with Crippen molar-refractivity contribution in [3.63, 3.8) is 0 Å². The lowest BCUT2D eigenvalue weighted by Gasteiger charge is -2.10. The van der Waals surface area contributed by atoms with Gasteiger partial charge in [0.1, 0.15) is 0 Å². The fourth-order valence-corrected chi connectivity index (χ4v) is 2.07. The zero-order chi connectivity index (χ0) is 9.36. The summed E-state index contributed by atoms with van der Waals surface area (Å²) < 4.78 is 0. The molecular weight excluding hydrogens is 156 g/mol. The average molecular weight is 180 g/mol. The van der Waals surface area contributed by atoms with Gasteiger partial charge in [0.2, 0.25) is 0 Å². The molecule has 0 heteroatoms. The van der Waals surface area contributed by atoms with Crippen LogP contribution in [-0.4, -0.2) is 0 Å². The van der Waals surface area contributed by atoms with Crippen molar-refractivity contribution in [3.05, 3.63) is 12.2 Å². The van der Waals surface area contributed by atoms with Crippen LogP contribution < -0.4 is 0 Å². The standard InChI is InChI=1S/C13H24/c1-13-11-9-7-5-3-2-4-6-8-10-12-13/h3,5,13H,2,4,6-12H2,1H3/b5-3-. The Morgan fingerprint density at radius 3 is 2.23 bits per heavy atom. The van der Waals surface area contributed by atoms with E-state index in [1.54, 1.807) is 0 Å². The molecule has 0 nitrogen and oxygen atoms in total. The summed E-state index contributed by atoms with van der Waals surface area (Å²) in [7, 11) is 0. The van der Waals surface area contributed by atoms with Crippen molar-refractivity contribution in [2.75, 3.05) is 0 Å². The normalized spacial score (nSPS) is 30.1. The molecule has 0 bridgehead atoms. The van der Waals surface area contributed by atoms with Gasteiger partial charge >= 0.3 is 0 Å². The van der Waals surface area contributed by atoms with Crippen molar-refractivity contribution >= 4 is 0 Å². The predicted octanol–water partition coefficient (Wildman–Crippen LogP) is 4.70. The number of allylic oxidation sites excluding steroid dienone is 2. The van der Waals surface area contributed by atoms with Gasteiger partial charge in [0.15, 0.2) is 0 Å². The van der Waals surface area contributed by atoms with Crippen LogP contribution in [0.3, 0.4) is 0 Å². The highest BCUT2D eigenvalue weighted by atomic mass is 14.1. The van der Waals surface area contributed by atoms with Gasteiger partial charge in [-0.15, -0.1) is 0 Å². The lowest BCUT2D eigenvalue weighted by Crippen LogP contribution is -1.95. The molecule has 0 saturated heterocycles. The first-order chi connectivity index (χ1) is 6.39. The first-order valence-corrected chi connectivity index (χ1v) is 6.04. The van der Waals surface area contributed by atoms with Gasteiger partial charge in [0, 0.05) is 0 Å². The van der Waals surface area contributed by atoms with Crippen molar-refractivity contribution in [1.82, 2.24) is 0 Å². The van der Waals surface area contributed by atoms with Crippen LogP contribution in [-0.2, 0) is 0 Å². The second kappa shape index (κ2) is 7.17. The molecule has 0 aromatic rings. The van der Waals surface area contributed by atoms with E-state index in [1.165, 1.54) is 57.8 Å². The highest BCUT2D eigenvalue weighted by Gasteiger charge is 2.01. The van der Waals surface area contributed by atoms with Crippen molar-refractivity contribution in [2.24, 2.45) is 5.92 Å². The molecule has 13 heavy (non-hydrogen) atoms. The summed E-state index contributed by atoms with van der Waals surface area (Å²) in [6, 6.07) is 0. The maximum absolute atomic E-state index is 2.41. The average Bonchev–Trinajstić information content (AvgIpc) is 2.11. The summed E-state index contributed by atoms with van der Waals surface area (Å²) >= 11 is 0. The largest absolute Gasteiger partial charge is 0.0885 e. The lowest BCUT2D eigenvalue weighted by atomic mass is 9.96. The Morgan fingerprint density at radius 2 is 1.38 bits per heavy atom. The van der Waals surface area contributed by atoms with Gasteiger partial charge in [-0.2, -0.15) is 0 Å². The highest BCUT2D eigenvalue weighted by Crippen LogP contribution is 2.18. The summed E-state index contributed by atoms with van der Waals surface area (Å²) in [5, 5.41) is 0. The first-order valence-electron chi connectivity index (χ1n) is 6.04. The van der Waals surface area contributed by atoms with Gasteiger partial charge in [-0.05, 0) is 31.6 Å². The van der Waals surface area contributed by atoms with E-state index in [0.29, 0.717) is 0 Å². The summed E-state index contributed by atoms with van der Waals surface area (Å²) in [4.78, 5) is 0. The Morgan fingerprint density at radius 1 is 0.769 bits per heavy atom. The molecular formula is C13H24. The van der Waals surface area contributed by atoms with Crippen LogP contribution >= 0.6 is 0 Å². The van der Waals surface area contributed by atoms with Crippen LogP contribution in [0.4, 0.5) is 0 Å². The van der Waals surface area contributed by atoms with Crippen molar-refractivity contribution < 1.29 is 0 Å². The van der Waals surface area contributed by atoms with Crippen LogP contribution in [0.1, 0.15) is 64.7 Å². The number of hydrogen-bond donors (Lipinski definition) is 0. The third kappa shape index (κ3) is 5.90. The third-order valence-electron chi connectivity index (χ3n) is 3.05. The summed E-state index contributed by atoms with van der Waals surface area (Å²) in [5.74, 6) is 0.966. The van der Waals surface area contributed by atoms with Crippen LogP contribution in [0.25, 0.3) is 0 Å². The predicted molar refractivity (Wildman–Crippen MR) is 59.9 cm³/mol. The molecule has 0 aliphatic heterocycles. The topological polar surface area (TPSA) is 0 Å². The Labute approximate surface area is 83.4 Å². The molecule has 0 N–H and O–H groups in total. The summed E-state index contributed by atoms with van der Waals surface area (Å²) in [6.45, 7) is 2.41. The minimum absolute atomic E-state index is 0.966. The molecule has 0 heterocycles. The van der Waals surface area contributed by atoms with Crippen LogP contribution in [0, 0.1) is 5.92 Å². The van der Waals surface area contributed by atoms with E-state index >= 15 is 0 Å². The highest BCUT2D eigenvalue weighted by molar-refractivity contribution is 4.81. The fraction of sp³-hybridized carbons (Fsp3) is 0.846. The zero-order valence-electron chi connectivity index (χ0n) is 9.10. The lowest BCUT2D eigenvalue weighted by molar-refractivity contribution is 0.445. The second-order valence-electron chi connectivity index (χ2n) is 4.50. The van der Waals surface area contributed by atoms with Gasteiger partial charge in [-0.25, -0.2) is 0 Å². The first kappa shape index (κ1) is 10.8. The zero-order valence-corrected chi connectivity index (χ0v) is 9.10. The van der Waals surface area contributed by atoms with Gasteiger partial charge in [0.25, 0.3) is 0 Å². The van der Waals surface area contributed by atoms with E-state index in [1.807, 2.05) is 0 Å². The molecule has 0 spiro atoms. The van der Waals surface area contributed by atoms with E-state index < -0.39 is 0 Å². The molecule has 0 saturated carbocycles. The molecule has 1 aliphatic rings. The van der Waals surface area contributed by atoms with Crippen LogP contribution in [0.2, 0.25) is 0 Å². The van der Waals surface area contributed by atoms with Gasteiger partial charge in [-0.1, -0.05) is 51.2 Å². The second-order valence-corrected chi connectivity index (χ2v) is 4.50. The van der Waals surface area contributed by atoms with Gasteiger partial charge in [0.05, 0.1) is 0 Å². The minimum atomic E-state index is 0.966. The molecule has 0 aromatic carbocycles. The van der Waals surface area contributed by atoms with Crippen LogP contribution in [0.5, 0.6) is 0 Å². The molecule has 1 rings (SSSR count). The molecule has 1 aliphatic carbocycles. The smallest absolute Gasteiger partial charge is 0.0351 e.